The van der Waals surface area contributed by atoms with Crippen LogP contribution < -0.4 is 5.56 Å². The molecule has 0 unspecified atom stereocenters. The van der Waals surface area contributed by atoms with Gasteiger partial charge in [0.25, 0.3) is 5.56 Å². The summed E-state index contributed by atoms with van der Waals surface area (Å²) in [6.45, 7) is 8.24. The number of aromatic amines is 1. The Balaban J connectivity index is 1.90. The van der Waals surface area contributed by atoms with Crippen LogP contribution in [0.5, 0.6) is 0 Å². The molecule has 0 amide bonds. The molecular formula is C14H19N3O2S. The molecule has 1 aliphatic rings. The van der Waals surface area contributed by atoms with Crippen molar-refractivity contribution in [2.75, 3.05) is 26.3 Å². The third kappa shape index (κ3) is 2.77. The number of morpholine rings is 1. The minimum Gasteiger partial charge on any atom is -0.379 e. The molecule has 1 N–H and O–H groups in total. The van der Waals surface area contributed by atoms with Gasteiger partial charge in [-0.15, -0.1) is 11.3 Å². The molecule has 3 heterocycles. The molecule has 1 saturated heterocycles. The van der Waals surface area contributed by atoms with Gasteiger partial charge in [-0.25, -0.2) is 4.98 Å². The maximum atomic E-state index is 12.1. The van der Waals surface area contributed by atoms with Crippen molar-refractivity contribution < 1.29 is 4.74 Å². The molecule has 0 spiro atoms. The molecule has 0 aromatic carbocycles. The Hall–Kier alpha value is -1.24. The Labute approximate surface area is 121 Å². The van der Waals surface area contributed by atoms with E-state index in [-0.39, 0.29) is 5.56 Å². The molecule has 0 bridgehead atoms. The van der Waals surface area contributed by atoms with Crippen molar-refractivity contribution in [1.82, 2.24) is 14.9 Å². The first kappa shape index (κ1) is 13.7. The van der Waals surface area contributed by atoms with Gasteiger partial charge in [-0.3, -0.25) is 9.69 Å². The average Bonchev–Trinajstić information content (AvgIpc) is 2.84. The van der Waals surface area contributed by atoms with Crippen LogP contribution in [-0.4, -0.2) is 41.2 Å². The fourth-order valence-electron chi connectivity index (χ4n) is 2.33. The standard InChI is InChI=1S/C14H19N3O2S/c1-9(2)11-7-10-13(18)15-12(16-14(10)20-11)8-17-3-5-19-6-4-17/h7,9H,3-6,8H2,1-2H3,(H,15,16,18). The molecule has 0 radical (unpaired) electrons. The Morgan fingerprint density at radius 2 is 2.20 bits per heavy atom. The smallest absolute Gasteiger partial charge is 0.259 e. The topological polar surface area (TPSA) is 58.2 Å². The monoisotopic (exact) mass is 293 g/mol. The average molecular weight is 293 g/mol. The van der Waals surface area contributed by atoms with Crippen LogP contribution in [0.1, 0.15) is 30.5 Å². The maximum Gasteiger partial charge on any atom is 0.259 e. The summed E-state index contributed by atoms with van der Waals surface area (Å²) in [5, 5.41) is 0.712. The Kier molecular flexibility index (Phi) is 3.87. The van der Waals surface area contributed by atoms with E-state index >= 15 is 0 Å². The van der Waals surface area contributed by atoms with Crippen molar-refractivity contribution in [2.45, 2.75) is 26.3 Å². The minimum absolute atomic E-state index is 0.0265. The minimum atomic E-state index is -0.0265. The lowest BCUT2D eigenvalue weighted by atomic mass is 10.2. The number of aromatic nitrogens is 2. The molecule has 2 aromatic heterocycles. The molecule has 0 aliphatic carbocycles. The molecular weight excluding hydrogens is 274 g/mol. The van der Waals surface area contributed by atoms with Crippen LogP contribution in [0.15, 0.2) is 10.9 Å². The van der Waals surface area contributed by atoms with E-state index in [2.05, 4.69) is 28.7 Å². The van der Waals surface area contributed by atoms with Gasteiger partial charge in [-0.05, 0) is 12.0 Å². The Morgan fingerprint density at radius 3 is 2.90 bits per heavy atom. The summed E-state index contributed by atoms with van der Waals surface area (Å²) in [6, 6.07) is 1.97. The number of fused-ring (bicyclic) bond motifs is 1. The second-order valence-electron chi connectivity index (χ2n) is 5.42. The highest BCUT2D eigenvalue weighted by Crippen LogP contribution is 2.27. The third-order valence-corrected chi connectivity index (χ3v) is 4.85. The van der Waals surface area contributed by atoms with Gasteiger partial charge in [-0.1, -0.05) is 13.8 Å². The van der Waals surface area contributed by atoms with Crippen molar-refractivity contribution in [3.8, 4) is 0 Å². The predicted molar refractivity (Wildman–Crippen MR) is 80.4 cm³/mol. The van der Waals surface area contributed by atoms with E-state index in [4.69, 9.17) is 4.74 Å². The van der Waals surface area contributed by atoms with E-state index in [1.54, 1.807) is 11.3 Å². The van der Waals surface area contributed by atoms with Gasteiger partial charge in [0.1, 0.15) is 10.7 Å². The summed E-state index contributed by atoms with van der Waals surface area (Å²) >= 11 is 1.62. The molecule has 6 heteroatoms. The van der Waals surface area contributed by atoms with Crippen LogP contribution in [0, 0.1) is 0 Å². The van der Waals surface area contributed by atoms with E-state index in [1.807, 2.05) is 6.07 Å². The maximum absolute atomic E-state index is 12.1. The summed E-state index contributed by atoms with van der Waals surface area (Å²) in [5.74, 6) is 1.18. The Bertz CT molecular complexity index is 656. The summed E-state index contributed by atoms with van der Waals surface area (Å²) < 4.78 is 5.33. The normalized spacial score (nSPS) is 17.1. The molecule has 5 nitrogen and oxygen atoms in total. The zero-order valence-electron chi connectivity index (χ0n) is 11.8. The van der Waals surface area contributed by atoms with Crippen molar-refractivity contribution in [3.05, 3.63) is 27.1 Å². The molecule has 1 fully saturated rings. The fraction of sp³-hybridized carbons (Fsp3) is 0.571. The highest BCUT2D eigenvalue weighted by molar-refractivity contribution is 7.18. The van der Waals surface area contributed by atoms with E-state index in [0.717, 1.165) is 37.0 Å². The lowest BCUT2D eigenvalue weighted by molar-refractivity contribution is 0.0331. The number of H-pyrrole nitrogens is 1. The number of hydrogen-bond acceptors (Lipinski definition) is 5. The highest BCUT2D eigenvalue weighted by Gasteiger charge is 2.14. The molecule has 20 heavy (non-hydrogen) atoms. The first-order valence-electron chi connectivity index (χ1n) is 6.96. The predicted octanol–water partition coefficient (Wildman–Crippen LogP) is 1.94. The largest absolute Gasteiger partial charge is 0.379 e. The number of nitrogens with zero attached hydrogens (tertiary/aromatic N) is 2. The molecule has 108 valence electrons. The summed E-state index contributed by atoms with van der Waals surface area (Å²) in [5.41, 5.74) is -0.0265. The van der Waals surface area contributed by atoms with Crippen molar-refractivity contribution in [3.63, 3.8) is 0 Å². The van der Waals surface area contributed by atoms with Crippen LogP contribution in [0.3, 0.4) is 0 Å². The van der Waals surface area contributed by atoms with Gasteiger partial charge in [0.2, 0.25) is 0 Å². The van der Waals surface area contributed by atoms with Gasteiger partial charge in [0.05, 0.1) is 25.1 Å². The zero-order chi connectivity index (χ0) is 14.1. The van der Waals surface area contributed by atoms with Crippen LogP contribution in [0.2, 0.25) is 0 Å². The lowest BCUT2D eigenvalue weighted by Gasteiger charge is -2.25. The Morgan fingerprint density at radius 1 is 1.45 bits per heavy atom. The second kappa shape index (κ2) is 5.63. The van der Waals surface area contributed by atoms with Crippen molar-refractivity contribution in [2.24, 2.45) is 0 Å². The third-order valence-electron chi connectivity index (χ3n) is 3.52. The van der Waals surface area contributed by atoms with Gasteiger partial charge in [0.15, 0.2) is 0 Å². The molecule has 0 atom stereocenters. The quantitative estimate of drug-likeness (QED) is 0.939. The van der Waals surface area contributed by atoms with Crippen LogP contribution in [-0.2, 0) is 11.3 Å². The summed E-state index contributed by atoms with van der Waals surface area (Å²) in [4.78, 5) is 24.0. The van der Waals surface area contributed by atoms with Crippen LogP contribution in [0.4, 0.5) is 0 Å². The molecule has 3 rings (SSSR count). The lowest BCUT2D eigenvalue weighted by Crippen LogP contribution is -2.36. The van der Waals surface area contributed by atoms with Crippen LogP contribution >= 0.6 is 11.3 Å². The van der Waals surface area contributed by atoms with E-state index in [1.165, 1.54) is 4.88 Å². The summed E-state index contributed by atoms with van der Waals surface area (Å²) in [7, 11) is 0. The number of hydrogen-bond donors (Lipinski definition) is 1. The zero-order valence-corrected chi connectivity index (χ0v) is 12.6. The van der Waals surface area contributed by atoms with Crippen molar-refractivity contribution in [1.29, 1.82) is 0 Å². The van der Waals surface area contributed by atoms with E-state index in [9.17, 15) is 4.79 Å². The van der Waals surface area contributed by atoms with E-state index < -0.39 is 0 Å². The number of rotatable bonds is 3. The fourth-order valence-corrected chi connectivity index (χ4v) is 3.38. The van der Waals surface area contributed by atoms with Crippen molar-refractivity contribution >= 4 is 21.6 Å². The molecule has 1 aliphatic heterocycles. The van der Waals surface area contributed by atoms with Gasteiger partial charge >= 0.3 is 0 Å². The number of thiophene rings is 1. The summed E-state index contributed by atoms with van der Waals surface area (Å²) in [6.07, 6.45) is 0. The number of nitrogens with one attached hydrogen (secondary N) is 1. The second-order valence-corrected chi connectivity index (χ2v) is 6.49. The first-order valence-corrected chi connectivity index (χ1v) is 7.78. The van der Waals surface area contributed by atoms with E-state index in [0.29, 0.717) is 17.8 Å². The van der Waals surface area contributed by atoms with Gasteiger partial charge in [0, 0.05) is 18.0 Å². The highest BCUT2D eigenvalue weighted by atomic mass is 32.1. The van der Waals surface area contributed by atoms with Crippen LogP contribution in [0.25, 0.3) is 10.2 Å². The number of ether oxygens (including phenoxy) is 1. The SMILES string of the molecule is CC(C)c1cc2c(=O)[nH]c(CN3CCOCC3)nc2s1. The molecule has 2 aromatic rings. The van der Waals surface area contributed by atoms with Gasteiger partial charge in [-0.2, -0.15) is 0 Å². The molecule has 0 saturated carbocycles. The first-order chi connectivity index (χ1) is 9.63. The van der Waals surface area contributed by atoms with Gasteiger partial charge < -0.3 is 9.72 Å².